The summed E-state index contributed by atoms with van der Waals surface area (Å²) in [6, 6.07) is 15.0. The average molecular weight is 500 g/mol. The minimum atomic E-state index is -4.08. The van der Waals surface area contributed by atoms with Gasteiger partial charge in [-0.2, -0.15) is 0 Å². The number of ether oxygens (including phenoxy) is 2. The van der Waals surface area contributed by atoms with Crippen LogP contribution in [-0.2, 0) is 19.6 Å². The number of carbonyl (C=O) groups excluding carboxylic acids is 2. The van der Waals surface area contributed by atoms with Crippen molar-refractivity contribution >= 4 is 38.9 Å². The van der Waals surface area contributed by atoms with Crippen LogP contribution in [0.5, 0.6) is 11.5 Å². The highest BCUT2D eigenvalue weighted by Gasteiger charge is 2.40. The van der Waals surface area contributed by atoms with Crippen LogP contribution < -0.4 is 24.4 Å². The third-order valence-electron chi connectivity index (χ3n) is 5.38. The second-order valence-corrected chi connectivity index (χ2v) is 9.27. The van der Waals surface area contributed by atoms with E-state index in [4.69, 9.17) is 9.47 Å². The number of sulfonamides is 1. The van der Waals surface area contributed by atoms with Crippen LogP contribution in [0.15, 0.2) is 71.6 Å². The first kappa shape index (κ1) is 24.0. The third-order valence-corrected chi connectivity index (χ3v) is 6.78. The van der Waals surface area contributed by atoms with E-state index in [1.807, 2.05) is 0 Å². The van der Waals surface area contributed by atoms with Crippen molar-refractivity contribution in [3.05, 3.63) is 72.5 Å². The highest BCUT2D eigenvalue weighted by atomic mass is 32.2. The highest BCUT2D eigenvalue weighted by Crippen LogP contribution is 2.31. The number of halogens is 1. The molecule has 1 aliphatic heterocycles. The maximum Gasteiger partial charge on any atom is 0.265 e. The zero-order chi connectivity index (χ0) is 25.2. The van der Waals surface area contributed by atoms with E-state index in [1.165, 1.54) is 50.6 Å². The van der Waals surface area contributed by atoms with Gasteiger partial charge in [0, 0.05) is 11.4 Å². The Kier molecular flexibility index (Phi) is 6.61. The van der Waals surface area contributed by atoms with Crippen LogP contribution in [0.25, 0.3) is 0 Å². The van der Waals surface area contributed by atoms with Crippen LogP contribution >= 0.6 is 0 Å². The standard InChI is InChI=1S/C24H22FN3O6S/c1-33-17-10-7-15(8-11-17)27-35(31,32)22-13-16(9-12-21(22)34-2)26-19-14-23(29)28(24(19)30)20-6-4-3-5-18(20)25/h3-13,19,26-27H,14H2,1-2H3/t19-/m0/s1. The van der Waals surface area contributed by atoms with Crippen molar-refractivity contribution in [2.75, 3.05) is 29.2 Å². The molecule has 11 heteroatoms. The Morgan fingerprint density at radius 1 is 0.943 bits per heavy atom. The Morgan fingerprint density at radius 2 is 1.63 bits per heavy atom. The summed E-state index contributed by atoms with van der Waals surface area (Å²) < 4.78 is 53.1. The van der Waals surface area contributed by atoms with E-state index >= 15 is 0 Å². The molecule has 0 radical (unpaired) electrons. The van der Waals surface area contributed by atoms with Gasteiger partial charge in [0.15, 0.2) is 0 Å². The molecule has 2 N–H and O–H groups in total. The normalized spacial score (nSPS) is 15.7. The third kappa shape index (κ3) is 4.90. The van der Waals surface area contributed by atoms with Gasteiger partial charge in [-0.1, -0.05) is 12.1 Å². The van der Waals surface area contributed by atoms with Gasteiger partial charge in [-0.3, -0.25) is 14.3 Å². The van der Waals surface area contributed by atoms with Crippen LogP contribution in [0, 0.1) is 5.82 Å². The zero-order valence-electron chi connectivity index (χ0n) is 18.8. The SMILES string of the molecule is COc1ccc(NS(=O)(=O)c2cc(N[C@H]3CC(=O)N(c4ccccc4F)C3=O)ccc2OC)cc1. The Bertz CT molecular complexity index is 1380. The van der Waals surface area contributed by atoms with Gasteiger partial charge in [0.25, 0.3) is 15.9 Å². The molecule has 182 valence electrons. The largest absolute Gasteiger partial charge is 0.497 e. The van der Waals surface area contributed by atoms with Crippen LogP contribution in [0.4, 0.5) is 21.5 Å². The Labute approximate surface area is 201 Å². The van der Waals surface area contributed by atoms with Crippen molar-refractivity contribution < 1.29 is 31.9 Å². The fourth-order valence-corrected chi connectivity index (χ4v) is 4.93. The van der Waals surface area contributed by atoms with Gasteiger partial charge in [0.1, 0.15) is 28.3 Å². The van der Waals surface area contributed by atoms with E-state index in [0.717, 1.165) is 11.0 Å². The van der Waals surface area contributed by atoms with E-state index < -0.39 is 33.7 Å². The summed E-state index contributed by atoms with van der Waals surface area (Å²) in [5.41, 5.74) is 0.444. The number of nitrogens with zero attached hydrogens (tertiary/aromatic N) is 1. The predicted molar refractivity (Wildman–Crippen MR) is 128 cm³/mol. The second kappa shape index (κ2) is 9.63. The van der Waals surface area contributed by atoms with Gasteiger partial charge in [0.2, 0.25) is 5.91 Å². The van der Waals surface area contributed by atoms with E-state index in [9.17, 15) is 22.4 Å². The number of imide groups is 1. The van der Waals surface area contributed by atoms with Crippen molar-refractivity contribution in [3.8, 4) is 11.5 Å². The molecule has 1 fully saturated rings. The lowest BCUT2D eigenvalue weighted by atomic mass is 10.2. The van der Waals surface area contributed by atoms with E-state index in [2.05, 4.69) is 10.0 Å². The molecular formula is C24H22FN3O6S. The molecule has 35 heavy (non-hydrogen) atoms. The number of hydrogen-bond acceptors (Lipinski definition) is 7. The number of carbonyl (C=O) groups is 2. The van der Waals surface area contributed by atoms with Gasteiger partial charge < -0.3 is 14.8 Å². The molecule has 1 atom stereocenters. The molecule has 0 unspecified atom stereocenters. The van der Waals surface area contributed by atoms with Crippen LogP contribution in [-0.4, -0.2) is 40.5 Å². The monoisotopic (exact) mass is 499 g/mol. The maximum absolute atomic E-state index is 14.2. The fourth-order valence-electron chi connectivity index (χ4n) is 3.68. The molecule has 2 amide bonds. The number of rotatable bonds is 8. The summed E-state index contributed by atoms with van der Waals surface area (Å²) >= 11 is 0. The molecule has 0 aliphatic carbocycles. The smallest absolute Gasteiger partial charge is 0.265 e. The summed E-state index contributed by atoms with van der Waals surface area (Å²) in [6.07, 6.45) is -0.217. The van der Waals surface area contributed by atoms with Gasteiger partial charge in [-0.25, -0.2) is 17.7 Å². The van der Waals surface area contributed by atoms with Crippen molar-refractivity contribution in [2.24, 2.45) is 0 Å². The lowest BCUT2D eigenvalue weighted by Gasteiger charge is -2.18. The van der Waals surface area contributed by atoms with Crippen molar-refractivity contribution in [1.29, 1.82) is 0 Å². The van der Waals surface area contributed by atoms with Gasteiger partial charge in [0.05, 0.1) is 26.3 Å². The van der Waals surface area contributed by atoms with Crippen LogP contribution in [0.3, 0.4) is 0 Å². The summed E-state index contributed by atoms with van der Waals surface area (Å²) in [6.45, 7) is 0. The molecule has 0 spiro atoms. The lowest BCUT2D eigenvalue weighted by Crippen LogP contribution is -2.35. The Morgan fingerprint density at radius 3 is 2.29 bits per heavy atom. The second-order valence-electron chi connectivity index (χ2n) is 7.62. The molecule has 1 saturated heterocycles. The molecule has 0 saturated carbocycles. The molecule has 3 aromatic carbocycles. The van der Waals surface area contributed by atoms with Crippen LogP contribution in [0.2, 0.25) is 0 Å². The molecule has 3 aromatic rings. The first-order valence-electron chi connectivity index (χ1n) is 10.5. The van der Waals surface area contributed by atoms with E-state index in [0.29, 0.717) is 11.4 Å². The van der Waals surface area contributed by atoms with Gasteiger partial charge >= 0.3 is 0 Å². The molecule has 0 aromatic heterocycles. The van der Waals surface area contributed by atoms with Crippen molar-refractivity contribution in [2.45, 2.75) is 17.4 Å². The first-order chi connectivity index (χ1) is 16.7. The summed E-state index contributed by atoms with van der Waals surface area (Å²) in [5.74, 6) is -1.26. The molecule has 9 nitrogen and oxygen atoms in total. The van der Waals surface area contributed by atoms with Crippen molar-refractivity contribution in [1.82, 2.24) is 0 Å². The number of hydrogen-bond donors (Lipinski definition) is 2. The summed E-state index contributed by atoms with van der Waals surface area (Å²) in [7, 11) is -1.25. The minimum Gasteiger partial charge on any atom is -0.497 e. The summed E-state index contributed by atoms with van der Waals surface area (Å²) in [5, 5.41) is 2.88. The molecule has 1 heterocycles. The minimum absolute atomic E-state index is 0.0818. The topological polar surface area (TPSA) is 114 Å². The van der Waals surface area contributed by atoms with Crippen molar-refractivity contribution in [3.63, 3.8) is 0 Å². The van der Waals surface area contributed by atoms with E-state index in [1.54, 1.807) is 24.3 Å². The zero-order valence-corrected chi connectivity index (χ0v) is 19.6. The predicted octanol–water partition coefficient (Wildman–Crippen LogP) is 3.39. The Balaban J connectivity index is 1.58. The number of anilines is 3. The number of benzene rings is 3. The number of amides is 2. The molecule has 0 bridgehead atoms. The Hall–Kier alpha value is -4.12. The van der Waals surface area contributed by atoms with Gasteiger partial charge in [-0.15, -0.1) is 0 Å². The summed E-state index contributed by atoms with van der Waals surface area (Å²) in [4.78, 5) is 26.0. The molecular weight excluding hydrogens is 477 g/mol. The quantitative estimate of drug-likeness (QED) is 0.457. The lowest BCUT2D eigenvalue weighted by molar-refractivity contribution is -0.121. The molecule has 1 aliphatic rings. The number of methoxy groups -OCH3 is 2. The number of nitrogens with one attached hydrogen (secondary N) is 2. The maximum atomic E-state index is 14.2. The average Bonchev–Trinajstić information content (AvgIpc) is 3.12. The van der Waals surface area contributed by atoms with Gasteiger partial charge in [-0.05, 0) is 54.6 Å². The molecule has 4 rings (SSSR count). The number of para-hydroxylation sites is 1. The highest BCUT2D eigenvalue weighted by molar-refractivity contribution is 7.92. The fraction of sp³-hybridized carbons (Fsp3) is 0.167. The van der Waals surface area contributed by atoms with Crippen LogP contribution in [0.1, 0.15) is 6.42 Å². The first-order valence-corrected chi connectivity index (χ1v) is 11.9. The van der Waals surface area contributed by atoms with E-state index in [-0.39, 0.29) is 28.4 Å².